The fourth-order valence-electron chi connectivity index (χ4n) is 1.84. The normalized spacial score (nSPS) is 12.7. The number of benzene rings is 1. The van der Waals surface area contributed by atoms with Crippen molar-refractivity contribution in [2.75, 3.05) is 6.61 Å². The first-order chi connectivity index (χ1) is 8.93. The Labute approximate surface area is 117 Å². The zero-order chi connectivity index (χ0) is 14.4. The van der Waals surface area contributed by atoms with Gasteiger partial charge in [-0.15, -0.1) is 0 Å². The molecule has 1 unspecified atom stereocenters. The van der Waals surface area contributed by atoms with Gasteiger partial charge in [0.15, 0.2) is 0 Å². The SMILES string of the molecule is CC(C)CC(CO)NCc1ccc([N+](=O)[O-])cc1Cl. The molecular weight excluding hydrogens is 268 g/mol. The van der Waals surface area contributed by atoms with Crippen molar-refractivity contribution in [2.24, 2.45) is 5.92 Å². The highest BCUT2D eigenvalue weighted by Gasteiger charge is 2.12. The van der Waals surface area contributed by atoms with E-state index in [2.05, 4.69) is 19.2 Å². The van der Waals surface area contributed by atoms with Crippen LogP contribution in [-0.4, -0.2) is 22.7 Å². The summed E-state index contributed by atoms with van der Waals surface area (Å²) in [6.45, 7) is 4.71. The van der Waals surface area contributed by atoms with Gasteiger partial charge in [-0.3, -0.25) is 10.1 Å². The van der Waals surface area contributed by atoms with Crippen LogP contribution in [0.1, 0.15) is 25.8 Å². The molecule has 5 nitrogen and oxygen atoms in total. The molecule has 19 heavy (non-hydrogen) atoms. The van der Waals surface area contributed by atoms with Gasteiger partial charge in [0.25, 0.3) is 5.69 Å². The van der Waals surface area contributed by atoms with Crippen molar-refractivity contribution < 1.29 is 10.0 Å². The number of aliphatic hydroxyl groups is 1. The average Bonchev–Trinajstić information content (AvgIpc) is 2.34. The van der Waals surface area contributed by atoms with Gasteiger partial charge in [-0.2, -0.15) is 0 Å². The van der Waals surface area contributed by atoms with Gasteiger partial charge < -0.3 is 10.4 Å². The lowest BCUT2D eigenvalue weighted by Gasteiger charge is -2.18. The molecule has 0 fully saturated rings. The van der Waals surface area contributed by atoms with Crippen LogP contribution in [0.2, 0.25) is 5.02 Å². The molecule has 0 bridgehead atoms. The van der Waals surface area contributed by atoms with Gasteiger partial charge in [0.1, 0.15) is 0 Å². The summed E-state index contributed by atoms with van der Waals surface area (Å²) in [7, 11) is 0. The first-order valence-electron chi connectivity index (χ1n) is 6.21. The van der Waals surface area contributed by atoms with Crippen molar-refractivity contribution >= 4 is 17.3 Å². The van der Waals surface area contributed by atoms with Crippen LogP contribution in [-0.2, 0) is 6.54 Å². The Morgan fingerprint density at radius 3 is 2.63 bits per heavy atom. The van der Waals surface area contributed by atoms with E-state index >= 15 is 0 Å². The van der Waals surface area contributed by atoms with Crippen molar-refractivity contribution in [3.8, 4) is 0 Å². The zero-order valence-corrected chi connectivity index (χ0v) is 11.9. The fourth-order valence-corrected chi connectivity index (χ4v) is 2.08. The summed E-state index contributed by atoms with van der Waals surface area (Å²) >= 11 is 6.00. The van der Waals surface area contributed by atoms with Crippen LogP contribution in [0.3, 0.4) is 0 Å². The average molecular weight is 287 g/mol. The maximum atomic E-state index is 10.6. The molecule has 1 aromatic carbocycles. The van der Waals surface area contributed by atoms with Gasteiger partial charge in [0.05, 0.1) is 16.6 Å². The quantitative estimate of drug-likeness (QED) is 0.597. The van der Waals surface area contributed by atoms with E-state index in [9.17, 15) is 15.2 Å². The molecule has 0 spiro atoms. The van der Waals surface area contributed by atoms with E-state index in [4.69, 9.17) is 11.6 Å². The topological polar surface area (TPSA) is 75.4 Å². The number of rotatable bonds is 7. The Morgan fingerprint density at radius 2 is 2.16 bits per heavy atom. The van der Waals surface area contributed by atoms with Crippen LogP contribution < -0.4 is 5.32 Å². The smallest absolute Gasteiger partial charge is 0.270 e. The number of hydrogen-bond donors (Lipinski definition) is 2. The first kappa shape index (κ1) is 15.9. The number of nitrogens with zero attached hydrogens (tertiary/aromatic N) is 1. The van der Waals surface area contributed by atoms with Crippen LogP contribution in [0, 0.1) is 16.0 Å². The Balaban J connectivity index is 2.64. The van der Waals surface area contributed by atoms with E-state index in [0.717, 1.165) is 12.0 Å². The Morgan fingerprint density at radius 1 is 1.47 bits per heavy atom. The number of halogens is 1. The standard InChI is InChI=1S/C13H19ClN2O3/c1-9(2)5-11(8-17)15-7-10-3-4-12(16(18)19)6-13(10)14/h3-4,6,9,11,15,17H,5,7-8H2,1-2H3. The van der Waals surface area contributed by atoms with Crippen molar-refractivity contribution in [1.29, 1.82) is 0 Å². The monoisotopic (exact) mass is 286 g/mol. The highest BCUT2D eigenvalue weighted by molar-refractivity contribution is 6.31. The molecule has 0 aliphatic heterocycles. The maximum Gasteiger partial charge on any atom is 0.270 e. The Kier molecular flexibility index (Phi) is 6.21. The van der Waals surface area contributed by atoms with Gasteiger partial charge in [-0.25, -0.2) is 0 Å². The third-order valence-corrected chi connectivity index (χ3v) is 3.16. The van der Waals surface area contributed by atoms with Crippen molar-refractivity contribution in [2.45, 2.75) is 32.9 Å². The lowest BCUT2D eigenvalue weighted by Crippen LogP contribution is -2.33. The predicted octanol–water partition coefficient (Wildman–Crippen LogP) is 2.74. The van der Waals surface area contributed by atoms with Crippen LogP contribution in [0.5, 0.6) is 0 Å². The number of aliphatic hydroxyl groups excluding tert-OH is 1. The van der Waals surface area contributed by atoms with Crippen LogP contribution in [0.25, 0.3) is 0 Å². The molecule has 0 heterocycles. The summed E-state index contributed by atoms with van der Waals surface area (Å²) < 4.78 is 0. The lowest BCUT2D eigenvalue weighted by molar-refractivity contribution is -0.384. The largest absolute Gasteiger partial charge is 0.395 e. The molecule has 0 aliphatic rings. The van der Waals surface area contributed by atoms with Crippen molar-refractivity contribution in [1.82, 2.24) is 5.32 Å². The Bertz CT molecular complexity index is 438. The van der Waals surface area contributed by atoms with Crippen molar-refractivity contribution in [3.63, 3.8) is 0 Å². The molecule has 0 amide bonds. The minimum Gasteiger partial charge on any atom is -0.395 e. The summed E-state index contributed by atoms with van der Waals surface area (Å²) in [6.07, 6.45) is 0.862. The molecule has 106 valence electrons. The molecule has 0 saturated heterocycles. The van der Waals surface area contributed by atoms with Crippen LogP contribution in [0.15, 0.2) is 18.2 Å². The van der Waals surface area contributed by atoms with E-state index in [1.807, 2.05) is 0 Å². The summed E-state index contributed by atoms with van der Waals surface area (Å²) in [5, 5.41) is 23.4. The number of nitro groups is 1. The molecule has 0 aliphatic carbocycles. The Hall–Kier alpha value is -1.17. The van der Waals surface area contributed by atoms with Gasteiger partial charge >= 0.3 is 0 Å². The molecular formula is C13H19ClN2O3. The predicted molar refractivity (Wildman–Crippen MR) is 75.3 cm³/mol. The highest BCUT2D eigenvalue weighted by Crippen LogP contribution is 2.22. The van der Waals surface area contributed by atoms with Gasteiger partial charge in [-0.1, -0.05) is 25.4 Å². The molecule has 1 atom stereocenters. The zero-order valence-electron chi connectivity index (χ0n) is 11.1. The molecule has 2 N–H and O–H groups in total. The molecule has 0 aromatic heterocycles. The second kappa shape index (κ2) is 7.43. The summed E-state index contributed by atoms with van der Waals surface area (Å²) in [4.78, 5) is 10.1. The van der Waals surface area contributed by atoms with E-state index in [-0.39, 0.29) is 18.3 Å². The van der Waals surface area contributed by atoms with Gasteiger partial charge in [0, 0.05) is 24.7 Å². The highest BCUT2D eigenvalue weighted by atomic mass is 35.5. The van der Waals surface area contributed by atoms with Crippen molar-refractivity contribution in [3.05, 3.63) is 38.9 Å². The summed E-state index contributed by atoms with van der Waals surface area (Å²) in [6, 6.07) is 4.41. The first-order valence-corrected chi connectivity index (χ1v) is 6.59. The number of nitrogens with one attached hydrogen (secondary N) is 1. The lowest BCUT2D eigenvalue weighted by atomic mass is 10.0. The van der Waals surface area contributed by atoms with Crippen LogP contribution in [0.4, 0.5) is 5.69 Å². The van der Waals surface area contributed by atoms with Crippen LogP contribution >= 0.6 is 11.6 Å². The minimum absolute atomic E-state index is 0.00580. The molecule has 6 heteroatoms. The molecule has 0 saturated carbocycles. The molecule has 0 radical (unpaired) electrons. The van der Waals surface area contributed by atoms with E-state index < -0.39 is 4.92 Å². The third kappa shape index (κ3) is 5.14. The van der Waals surface area contributed by atoms with Gasteiger partial charge in [0.2, 0.25) is 0 Å². The fraction of sp³-hybridized carbons (Fsp3) is 0.538. The van der Waals surface area contributed by atoms with E-state index in [0.29, 0.717) is 17.5 Å². The second-order valence-corrected chi connectivity index (χ2v) is 5.33. The summed E-state index contributed by atoms with van der Waals surface area (Å²) in [5.41, 5.74) is 0.768. The van der Waals surface area contributed by atoms with E-state index in [1.54, 1.807) is 6.07 Å². The van der Waals surface area contributed by atoms with E-state index in [1.165, 1.54) is 12.1 Å². The number of non-ortho nitro benzene ring substituents is 1. The number of hydrogen-bond acceptors (Lipinski definition) is 4. The summed E-state index contributed by atoms with van der Waals surface area (Å²) in [5.74, 6) is 0.483. The third-order valence-electron chi connectivity index (χ3n) is 2.80. The second-order valence-electron chi connectivity index (χ2n) is 4.92. The maximum absolute atomic E-state index is 10.6. The minimum atomic E-state index is -0.474. The molecule has 1 aromatic rings. The van der Waals surface area contributed by atoms with Gasteiger partial charge in [-0.05, 0) is 24.0 Å². The molecule has 1 rings (SSSR count). The number of nitro benzene ring substituents is 1.